The Kier molecular flexibility index (Phi) is 7.44. The third-order valence-corrected chi connectivity index (χ3v) is 5.62. The van der Waals surface area contributed by atoms with Crippen molar-refractivity contribution in [2.45, 2.75) is 58.4 Å². The van der Waals surface area contributed by atoms with Gasteiger partial charge in [0.2, 0.25) is 11.8 Å². The summed E-state index contributed by atoms with van der Waals surface area (Å²) in [6.07, 6.45) is 8.98. The number of nitrogens with zero attached hydrogens (tertiary/aromatic N) is 3. The molecule has 1 unspecified atom stereocenters. The number of imidazole rings is 1. The van der Waals surface area contributed by atoms with Gasteiger partial charge in [-0.1, -0.05) is 57.0 Å². The van der Waals surface area contributed by atoms with Crippen LogP contribution in [0, 0.1) is 5.92 Å². The number of rotatable bonds is 8. The number of hydrogen-bond acceptors (Lipinski definition) is 3. The number of hydrogen-bond donors (Lipinski definition) is 1. The van der Waals surface area contributed by atoms with Crippen LogP contribution in [0.4, 0.5) is 5.82 Å². The average molecular weight is 397 g/mol. The Balaban J connectivity index is 1.76. The lowest BCUT2D eigenvalue weighted by atomic mass is 9.97. The van der Waals surface area contributed by atoms with Gasteiger partial charge in [-0.3, -0.25) is 9.59 Å². The molecule has 1 N–H and O–H groups in total. The van der Waals surface area contributed by atoms with Gasteiger partial charge >= 0.3 is 0 Å². The zero-order valence-corrected chi connectivity index (χ0v) is 17.5. The predicted octanol–water partition coefficient (Wildman–Crippen LogP) is 4.25. The molecule has 29 heavy (non-hydrogen) atoms. The van der Waals surface area contributed by atoms with E-state index in [1.165, 1.54) is 0 Å². The predicted molar refractivity (Wildman–Crippen MR) is 115 cm³/mol. The first-order valence-corrected chi connectivity index (χ1v) is 10.8. The standard InChI is InChI=1S/C23H32N4O2/c1-3-4-6-11-21(28)25-20-16-27(17-24-20)22(19-9-7-5-8-10-19)23(29)26-14-12-18(2)13-15-26/h5,7-10,16-18,22H,3-4,6,11-15H2,1-2H3,(H,25,28). The second-order valence-corrected chi connectivity index (χ2v) is 8.03. The van der Waals surface area contributed by atoms with Gasteiger partial charge in [0.1, 0.15) is 6.04 Å². The van der Waals surface area contributed by atoms with Crippen LogP contribution in [-0.2, 0) is 9.59 Å². The number of aromatic nitrogens is 2. The number of likely N-dealkylation sites (tertiary alicyclic amines) is 1. The van der Waals surface area contributed by atoms with Crippen molar-refractivity contribution < 1.29 is 9.59 Å². The molecular weight excluding hydrogens is 364 g/mol. The molecule has 2 heterocycles. The van der Waals surface area contributed by atoms with E-state index in [2.05, 4.69) is 24.1 Å². The van der Waals surface area contributed by atoms with Crippen molar-refractivity contribution in [3.8, 4) is 0 Å². The van der Waals surface area contributed by atoms with Crippen LogP contribution in [0.1, 0.15) is 64.0 Å². The molecule has 1 fully saturated rings. The summed E-state index contributed by atoms with van der Waals surface area (Å²) in [6.45, 7) is 5.93. The first kappa shape index (κ1) is 21.1. The van der Waals surface area contributed by atoms with E-state index in [0.29, 0.717) is 18.2 Å². The zero-order valence-electron chi connectivity index (χ0n) is 17.5. The number of carbonyl (C=O) groups excluding carboxylic acids is 2. The molecule has 1 aromatic heterocycles. The molecule has 156 valence electrons. The van der Waals surface area contributed by atoms with E-state index in [4.69, 9.17) is 0 Å². The maximum atomic E-state index is 13.4. The molecule has 1 saturated heterocycles. The van der Waals surface area contributed by atoms with Crippen LogP contribution in [0.3, 0.4) is 0 Å². The Morgan fingerprint density at radius 2 is 1.90 bits per heavy atom. The van der Waals surface area contributed by atoms with Gasteiger partial charge in [0, 0.05) is 25.7 Å². The summed E-state index contributed by atoms with van der Waals surface area (Å²) < 4.78 is 1.82. The molecule has 2 aromatic rings. The van der Waals surface area contributed by atoms with Crippen LogP contribution in [0.25, 0.3) is 0 Å². The van der Waals surface area contributed by atoms with Gasteiger partial charge in [0.25, 0.3) is 0 Å². The molecule has 1 atom stereocenters. The van der Waals surface area contributed by atoms with E-state index in [0.717, 1.165) is 50.8 Å². The minimum atomic E-state index is -0.470. The summed E-state index contributed by atoms with van der Waals surface area (Å²) in [5.74, 6) is 1.21. The van der Waals surface area contributed by atoms with Gasteiger partial charge in [-0.15, -0.1) is 0 Å². The maximum absolute atomic E-state index is 13.4. The molecule has 6 nitrogen and oxygen atoms in total. The van der Waals surface area contributed by atoms with Crippen molar-refractivity contribution >= 4 is 17.6 Å². The van der Waals surface area contributed by atoms with Crippen LogP contribution in [0.15, 0.2) is 42.9 Å². The summed E-state index contributed by atoms with van der Waals surface area (Å²) in [7, 11) is 0. The Hall–Kier alpha value is -2.63. The molecule has 0 saturated carbocycles. The van der Waals surface area contributed by atoms with Gasteiger partial charge in [-0.05, 0) is 30.7 Å². The first-order valence-electron chi connectivity index (χ1n) is 10.8. The second-order valence-electron chi connectivity index (χ2n) is 8.03. The van der Waals surface area contributed by atoms with Gasteiger partial charge in [-0.2, -0.15) is 0 Å². The monoisotopic (exact) mass is 396 g/mol. The third-order valence-electron chi connectivity index (χ3n) is 5.62. The Morgan fingerprint density at radius 3 is 2.59 bits per heavy atom. The molecular formula is C23H32N4O2. The van der Waals surface area contributed by atoms with Crippen molar-refractivity contribution in [2.75, 3.05) is 18.4 Å². The fourth-order valence-electron chi connectivity index (χ4n) is 3.76. The largest absolute Gasteiger partial charge is 0.341 e. The molecule has 1 aromatic carbocycles. The van der Waals surface area contributed by atoms with E-state index >= 15 is 0 Å². The van der Waals surface area contributed by atoms with E-state index in [-0.39, 0.29) is 11.8 Å². The molecule has 0 radical (unpaired) electrons. The lowest BCUT2D eigenvalue weighted by Gasteiger charge is -2.33. The number of piperidine rings is 1. The number of unbranched alkanes of at least 4 members (excludes halogenated alkanes) is 2. The topological polar surface area (TPSA) is 67.2 Å². The lowest BCUT2D eigenvalue weighted by molar-refractivity contribution is -0.134. The Labute approximate surface area is 173 Å². The molecule has 6 heteroatoms. The summed E-state index contributed by atoms with van der Waals surface area (Å²) in [5, 5.41) is 2.86. The third kappa shape index (κ3) is 5.68. The SMILES string of the molecule is CCCCCC(=O)Nc1cn(C(C(=O)N2CCC(C)CC2)c2ccccc2)cn1. The number of benzene rings is 1. The van der Waals surface area contributed by atoms with Gasteiger partial charge in [-0.25, -0.2) is 4.98 Å². The van der Waals surface area contributed by atoms with Crippen LogP contribution in [0.5, 0.6) is 0 Å². The molecule has 1 aliphatic heterocycles. The van der Waals surface area contributed by atoms with Crippen LogP contribution < -0.4 is 5.32 Å². The van der Waals surface area contributed by atoms with E-state index in [1.54, 1.807) is 12.5 Å². The average Bonchev–Trinajstić information content (AvgIpc) is 3.17. The number of nitrogens with one attached hydrogen (secondary N) is 1. The zero-order chi connectivity index (χ0) is 20.6. The smallest absolute Gasteiger partial charge is 0.250 e. The second kappa shape index (κ2) is 10.2. The fraction of sp³-hybridized carbons (Fsp3) is 0.522. The summed E-state index contributed by atoms with van der Waals surface area (Å²) in [4.78, 5) is 31.8. The van der Waals surface area contributed by atoms with Crippen LogP contribution in [0.2, 0.25) is 0 Å². The molecule has 2 amide bonds. The summed E-state index contributed by atoms with van der Waals surface area (Å²) >= 11 is 0. The van der Waals surface area contributed by atoms with E-state index in [9.17, 15) is 9.59 Å². The summed E-state index contributed by atoms with van der Waals surface area (Å²) in [6, 6.07) is 9.31. The minimum absolute atomic E-state index is 0.0312. The normalized spacial score (nSPS) is 15.9. The van der Waals surface area contributed by atoms with Crippen molar-refractivity contribution in [2.24, 2.45) is 5.92 Å². The highest BCUT2D eigenvalue weighted by Gasteiger charge is 2.29. The highest BCUT2D eigenvalue weighted by Crippen LogP contribution is 2.25. The Bertz CT molecular complexity index is 794. The molecule has 0 bridgehead atoms. The van der Waals surface area contributed by atoms with E-state index in [1.807, 2.05) is 39.8 Å². The van der Waals surface area contributed by atoms with E-state index < -0.39 is 6.04 Å². The Morgan fingerprint density at radius 1 is 1.17 bits per heavy atom. The number of anilines is 1. The van der Waals surface area contributed by atoms with Crippen molar-refractivity contribution in [1.82, 2.24) is 14.5 Å². The first-order chi connectivity index (χ1) is 14.1. The van der Waals surface area contributed by atoms with Crippen LogP contribution in [-0.4, -0.2) is 39.4 Å². The molecule has 0 aliphatic carbocycles. The maximum Gasteiger partial charge on any atom is 0.250 e. The van der Waals surface area contributed by atoms with Crippen molar-refractivity contribution in [3.05, 3.63) is 48.4 Å². The lowest BCUT2D eigenvalue weighted by Crippen LogP contribution is -2.42. The van der Waals surface area contributed by atoms with Crippen molar-refractivity contribution in [3.63, 3.8) is 0 Å². The highest BCUT2D eigenvalue weighted by atomic mass is 16.2. The highest BCUT2D eigenvalue weighted by molar-refractivity contribution is 5.89. The number of carbonyl (C=O) groups is 2. The molecule has 0 spiro atoms. The number of amides is 2. The van der Waals surface area contributed by atoms with Crippen LogP contribution >= 0.6 is 0 Å². The van der Waals surface area contributed by atoms with Gasteiger partial charge in [0.05, 0.1) is 6.33 Å². The fourth-order valence-corrected chi connectivity index (χ4v) is 3.76. The minimum Gasteiger partial charge on any atom is -0.341 e. The quantitative estimate of drug-likeness (QED) is 0.678. The summed E-state index contributed by atoms with van der Waals surface area (Å²) in [5.41, 5.74) is 0.925. The molecule has 3 rings (SSSR count). The van der Waals surface area contributed by atoms with Crippen molar-refractivity contribution in [1.29, 1.82) is 0 Å². The van der Waals surface area contributed by atoms with Gasteiger partial charge in [0.15, 0.2) is 5.82 Å². The van der Waals surface area contributed by atoms with Gasteiger partial charge < -0.3 is 14.8 Å². The molecule has 1 aliphatic rings.